The second-order valence-corrected chi connectivity index (χ2v) is 6.01. The molecule has 8 heteroatoms. The number of rotatable bonds is 9. The summed E-state index contributed by atoms with van der Waals surface area (Å²) in [7, 11) is 1.49. The first-order chi connectivity index (χ1) is 13.4. The molecular weight excluding hydrogens is 389 g/mol. The average molecular weight is 408 g/mol. The van der Waals surface area contributed by atoms with Gasteiger partial charge in [-0.3, -0.25) is 4.79 Å². The first-order valence-electron chi connectivity index (χ1n) is 8.24. The van der Waals surface area contributed by atoms with Crippen LogP contribution in [0.4, 0.5) is 10.1 Å². The maximum absolute atomic E-state index is 13.0. The van der Waals surface area contributed by atoms with Gasteiger partial charge in [0.1, 0.15) is 5.82 Å². The third-order valence-electron chi connectivity index (χ3n) is 3.52. The fourth-order valence-electron chi connectivity index (χ4n) is 2.23. The summed E-state index contributed by atoms with van der Waals surface area (Å²) in [5.41, 5.74) is 1.20. The lowest BCUT2D eigenvalue weighted by Gasteiger charge is -2.12. The van der Waals surface area contributed by atoms with Crippen molar-refractivity contribution in [3.05, 3.63) is 65.5 Å². The van der Waals surface area contributed by atoms with Gasteiger partial charge in [0.2, 0.25) is 0 Å². The van der Waals surface area contributed by atoms with E-state index in [1.807, 2.05) is 6.07 Å². The zero-order valence-electron chi connectivity index (χ0n) is 15.2. The van der Waals surface area contributed by atoms with E-state index >= 15 is 0 Å². The summed E-state index contributed by atoms with van der Waals surface area (Å²) in [4.78, 5) is 23.6. The van der Waals surface area contributed by atoms with E-state index in [1.54, 1.807) is 18.2 Å². The topological polar surface area (TPSA) is 73.9 Å². The Morgan fingerprint density at radius 2 is 1.96 bits per heavy atom. The lowest BCUT2D eigenvalue weighted by atomic mass is 10.1. The molecule has 6 nitrogen and oxygen atoms in total. The van der Waals surface area contributed by atoms with E-state index in [0.29, 0.717) is 17.9 Å². The molecule has 0 unspecified atom stereocenters. The van der Waals surface area contributed by atoms with Gasteiger partial charge in [-0.15, -0.1) is 6.58 Å². The highest BCUT2D eigenvalue weighted by Gasteiger charge is 2.12. The summed E-state index contributed by atoms with van der Waals surface area (Å²) >= 11 is 5.81. The Morgan fingerprint density at radius 3 is 2.64 bits per heavy atom. The van der Waals surface area contributed by atoms with Crippen molar-refractivity contribution in [3.8, 4) is 11.5 Å². The maximum Gasteiger partial charge on any atom is 0.344 e. The van der Waals surface area contributed by atoms with Crippen LogP contribution < -0.4 is 14.8 Å². The number of hydrogen-bond donors (Lipinski definition) is 1. The van der Waals surface area contributed by atoms with Crippen molar-refractivity contribution in [2.24, 2.45) is 0 Å². The molecule has 0 spiro atoms. The van der Waals surface area contributed by atoms with Crippen molar-refractivity contribution in [2.75, 3.05) is 25.6 Å². The molecular formula is C20H19ClFNO5. The van der Waals surface area contributed by atoms with Crippen molar-refractivity contribution in [3.63, 3.8) is 0 Å². The van der Waals surface area contributed by atoms with Crippen LogP contribution in [0, 0.1) is 5.82 Å². The Morgan fingerprint density at radius 1 is 1.18 bits per heavy atom. The van der Waals surface area contributed by atoms with Gasteiger partial charge in [-0.1, -0.05) is 23.7 Å². The van der Waals surface area contributed by atoms with Crippen molar-refractivity contribution < 1.29 is 28.2 Å². The van der Waals surface area contributed by atoms with Crippen molar-refractivity contribution >= 4 is 29.2 Å². The van der Waals surface area contributed by atoms with E-state index in [-0.39, 0.29) is 10.7 Å². The predicted octanol–water partition coefficient (Wildman–Crippen LogP) is 3.78. The molecule has 0 aliphatic rings. The Kier molecular flexibility index (Phi) is 7.83. The molecule has 0 fully saturated rings. The number of carbonyl (C=O) groups excluding carboxylic acids is 2. The molecule has 0 atom stereocenters. The van der Waals surface area contributed by atoms with Crippen LogP contribution in [0.15, 0.2) is 49.1 Å². The van der Waals surface area contributed by atoms with E-state index in [9.17, 15) is 14.0 Å². The molecule has 1 amide bonds. The highest BCUT2D eigenvalue weighted by atomic mass is 35.5. The van der Waals surface area contributed by atoms with Crippen LogP contribution in [-0.2, 0) is 20.7 Å². The number of esters is 1. The lowest BCUT2D eigenvalue weighted by molar-refractivity contribution is -0.149. The number of hydrogen-bond acceptors (Lipinski definition) is 5. The van der Waals surface area contributed by atoms with Gasteiger partial charge < -0.3 is 19.5 Å². The molecule has 0 aliphatic heterocycles. The van der Waals surface area contributed by atoms with Gasteiger partial charge in [0, 0.05) is 0 Å². The largest absolute Gasteiger partial charge is 0.493 e. The second-order valence-electron chi connectivity index (χ2n) is 5.60. The molecule has 2 aromatic rings. The molecule has 2 rings (SSSR count). The van der Waals surface area contributed by atoms with Gasteiger partial charge in [0.25, 0.3) is 5.91 Å². The molecule has 2 aromatic carbocycles. The first-order valence-corrected chi connectivity index (χ1v) is 8.62. The van der Waals surface area contributed by atoms with E-state index in [4.69, 9.17) is 25.8 Å². The lowest BCUT2D eigenvalue weighted by Crippen LogP contribution is -2.23. The molecule has 0 heterocycles. The smallest absolute Gasteiger partial charge is 0.344 e. The van der Waals surface area contributed by atoms with E-state index < -0.39 is 30.9 Å². The van der Waals surface area contributed by atoms with Crippen LogP contribution in [-0.4, -0.2) is 32.2 Å². The number of ether oxygens (including phenoxy) is 3. The number of methoxy groups -OCH3 is 1. The quantitative estimate of drug-likeness (QED) is 0.506. The minimum Gasteiger partial charge on any atom is -0.493 e. The van der Waals surface area contributed by atoms with Crippen LogP contribution in [0.2, 0.25) is 5.02 Å². The highest BCUT2D eigenvalue weighted by molar-refractivity contribution is 6.33. The number of nitrogens with one attached hydrogen (secondary N) is 1. The molecule has 0 aromatic heterocycles. The summed E-state index contributed by atoms with van der Waals surface area (Å²) in [5, 5.41) is 2.46. The van der Waals surface area contributed by atoms with Crippen LogP contribution in [0.1, 0.15) is 5.56 Å². The van der Waals surface area contributed by atoms with Gasteiger partial charge in [-0.25, -0.2) is 9.18 Å². The monoisotopic (exact) mass is 407 g/mol. The number of halogens is 2. The molecule has 28 heavy (non-hydrogen) atoms. The second kappa shape index (κ2) is 10.3. The van der Waals surface area contributed by atoms with Crippen molar-refractivity contribution in [1.29, 1.82) is 0 Å². The molecule has 148 valence electrons. The molecule has 0 radical (unpaired) electrons. The Labute approximate surface area is 166 Å². The summed E-state index contributed by atoms with van der Waals surface area (Å²) in [5.74, 6) is -1.05. The van der Waals surface area contributed by atoms with Gasteiger partial charge in [-0.2, -0.15) is 0 Å². The van der Waals surface area contributed by atoms with Crippen LogP contribution in [0.5, 0.6) is 11.5 Å². The first kappa shape index (κ1) is 21.2. The van der Waals surface area contributed by atoms with E-state index in [0.717, 1.165) is 17.7 Å². The van der Waals surface area contributed by atoms with Crippen molar-refractivity contribution in [2.45, 2.75) is 6.42 Å². The number of allylic oxidation sites excluding steroid dienone is 1. The van der Waals surface area contributed by atoms with Gasteiger partial charge in [0.15, 0.2) is 24.7 Å². The van der Waals surface area contributed by atoms with E-state index in [1.165, 1.54) is 13.2 Å². The Hall–Kier alpha value is -3.06. The van der Waals surface area contributed by atoms with Crippen LogP contribution in [0.25, 0.3) is 0 Å². The molecule has 0 bridgehead atoms. The third kappa shape index (κ3) is 6.28. The summed E-state index contributed by atoms with van der Waals surface area (Å²) < 4.78 is 28.5. The maximum atomic E-state index is 13.0. The Bertz CT molecular complexity index is 872. The molecule has 0 aliphatic carbocycles. The zero-order chi connectivity index (χ0) is 20.5. The van der Waals surface area contributed by atoms with Gasteiger partial charge >= 0.3 is 5.97 Å². The fraction of sp³-hybridized carbons (Fsp3) is 0.200. The van der Waals surface area contributed by atoms with Gasteiger partial charge in [0.05, 0.1) is 17.8 Å². The minimum atomic E-state index is -0.738. The number of carbonyl (C=O) groups is 2. The third-order valence-corrected chi connectivity index (χ3v) is 3.84. The number of amides is 1. The average Bonchev–Trinajstić information content (AvgIpc) is 2.67. The van der Waals surface area contributed by atoms with Crippen LogP contribution in [0.3, 0.4) is 0 Å². The number of anilines is 1. The van der Waals surface area contributed by atoms with Crippen molar-refractivity contribution in [1.82, 2.24) is 0 Å². The van der Waals surface area contributed by atoms with Gasteiger partial charge in [-0.05, 0) is 42.3 Å². The zero-order valence-corrected chi connectivity index (χ0v) is 15.9. The molecule has 0 saturated carbocycles. The molecule has 0 saturated heterocycles. The summed E-state index contributed by atoms with van der Waals surface area (Å²) in [6, 6.07) is 8.80. The highest BCUT2D eigenvalue weighted by Crippen LogP contribution is 2.28. The molecule has 1 N–H and O–H groups in total. The minimum absolute atomic E-state index is 0.0370. The standard InChI is InChI=1S/C20H19ClFNO5/c1-3-4-13-5-8-17(18(9-13)26-2)27-12-20(25)28-11-19(24)23-16-7-6-14(22)10-15(16)21/h3,5-10H,1,4,11-12H2,2H3,(H,23,24). The normalized spacial score (nSPS) is 10.1. The SMILES string of the molecule is C=CCc1ccc(OCC(=O)OCC(=O)Nc2ccc(F)cc2Cl)c(OC)c1. The van der Waals surface area contributed by atoms with Crippen LogP contribution >= 0.6 is 11.6 Å². The summed E-state index contributed by atoms with van der Waals surface area (Å²) in [6.07, 6.45) is 2.43. The summed E-state index contributed by atoms with van der Waals surface area (Å²) in [6.45, 7) is 2.74. The predicted molar refractivity (Wildman–Crippen MR) is 103 cm³/mol. The Balaban J connectivity index is 1.82. The number of benzene rings is 2. The van der Waals surface area contributed by atoms with E-state index in [2.05, 4.69) is 11.9 Å². The fourth-order valence-corrected chi connectivity index (χ4v) is 2.44.